The van der Waals surface area contributed by atoms with Gasteiger partial charge in [-0.1, -0.05) is 6.42 Å². The molecule has 6 heteroatoms. The summed E-state index contributed by atoms with van der Waals surface area (Å²) in [4.78, 5) is 18.6. The first kappa shape index (κ1) is 14.7. The smallest absolute Gasteiger partial charge is 0.356 e. The molecule has 6 nitrogen and oxygen atoms in total. The molecule has 0 spiro atoms. The molecule has 1 saturated carbocycles. The molecule has 0 aliphatic heterocycles. The number of carboxylic acid groups (broad SMARTS) is 1. The summed E-state index contributed by atoms with van der Waals surface area (Å²) in [6, 6.07) is 0. The molecular weight excluding hydrogens is 258 g/mol. The minimum absolute atomic E-state index is 0.0368. The second kappa shape index (κ2) is 6.65. The SMILES string of the molecule is CCOCCC1(CNc2cnc(C(=O)O)cn2)CCC1. The quantitative estimate of drug-likeness (QED) is 0.710. The van der Waals surface area contributed by atoms with E-state index >= 15 is 0 Å². The molecule has 0 bridgehead atoms. The first-order valence-corrected chi connectivity index (χ1v) is 7.02. The van der Waals surface area contributed by atoms with Crippen molar-refractivity contribution in [2.45, 2.75) is 32.6 Å². The van der Waals surface area contributed by atoms with E-state index in [1.807, 2.05) is 6.92 Å². The van der Waals surface area contributed by atoms with Gasteiger partial charge in [0, 0.05) is 19.8 Å². The second-order valence-electron chi connectivity index (χ2n) is 5.25. The fourth-order valence-electron chi connectivity index (χ4n) is 2.43. The van der Waals surface area contributed by atoms with E-state index in [-0.39, 0.29) is 5.69 Å². The highest BCUT2D eigenvalue weighted by atomic mass is 16.5. The van der Waals surface area contributed by atoms with Gasteiger partial charge >= 0.3 is 5.97 Å². The van der Waals surface area contributed by atoms with Gasteiger partial charge in [-0.2, -0.15) is 0 Å². The average Bonchev–Trinajstić information content (AvgIpc) is 2.41. The molecule has 1 aliphatic carbocycles. The summed E-state index contributed by atoms with van der Waals surface area (Å²) in [5.41, 5.74) is 0.257. The summed E-state index contributed by atoms with van der Waals surface area (Å²) in [7, 11) is 0. The van der Waals surface area contributed by atoms with Gasteiger partial charge in [-0.3, -0.25) is 0 Å². The Kier molecular flexibility index (Phi) is 4.89. The first-order valence-electron chi connectivity index (χ1n) is 7.02. The van der Waals surface area contributed by atoms with Crippen molar-refractivity contribution in [3.8, 4) is 0 Å². The Morgan fingerprint density at radius 2 is 2.25 bits per heavy atom. The van der Waals surface area contributed by atoms with Crippen molar-refractivity contribution in [1.82, 2.24) is 9.97 Å². The van der Waals surface area contributed by atoms with Crippen LogP contribution in [-0.4, -0.2) is 40.8 Å². The van der Waals surface area contributed by atoms with Gasteiger partial charge < -0.3 is 15.2 Å². The molecule has 1 aliphatic rings. The molecule has 0 aromatic carbocycles. The average molecular weight is 279 g/mol. The van der Waals surface area contributed by atoms with Gasteiger partial charge in [0.1, 0.15) is 5.82 Å². The van der Waals surface area contributed by atoms with Crippen LogP contribution in [0.2, 0.25) is 0 Å². The molecule has 2 rings (SSSR count). The maximum absolute atomic E-state index is 10.7. The van der Waals surface area contributed by atoms with Crippen molar-refractivity contribution >= 4 is 11.8 Å². The van der Waals surface area contributed by atoms with Gasteiger partial charge in [-0.15, -0.1) is 0 Å². The third-order valence-corrected chi connectivity index (χ3v) is 3.91. The lowest BCUT2D eigenvalue weighted by molar-refractivity contribution is 0.0635. The highest BCUT2D eigenvalue weighted by Crippen LogP contribution is 2.43. The van der Waals surface area contributed by atoms with Crippen molar-refractivity contribution < 1.29 is 14.6 Å². The summed E-state index contributed by atoms with van der Waals surface area (Å²) in [5.74, 6) is -0.436. The van der Waals surface area contributed by atoms with E-state index in [1.165, 1.54) is 31.7 Å². The number of nitrogens with one attached hydrogen (secondary N) is 1. The van der Waals surface area contributed by atoms with E-state index in [0.29, 0.717) is 11.2 Å². The molecule has 20 heavy (non-hydrogen) atoms. The zero-order chi connectivity index (χ0) is 14.4. The highest BCUT2D eigenvalue weighted by Gasteiger charge is 2.36. The highest BCUT2D eigenvalue weighted by molar-refractivity contribution is 5.84. The van der Waals surface area contributed by atoms with Crippen LogP contribution in [-0.2, 0) is 4.74 Å². The van der Waals surface area contributed by atoms with Gasteiger partial charge in [0.25, 0.3) is 0 Å². The van der Waals surface area contributed by atoms with Gasteiger partial charge in [0.05, 0.1) is 12.4 Å². The predicted octanol–water partition coefficient (Wildman–Crippen LogP) is 2.18. The Morgan fingerprint density at radius 1 is 1.45 bits per heavy atom. The number of anilines is 1. The number of nitrogens with zero attached hydrogens (tertiary/aromatic N) is 2. The zero-order valence-electron chi connectivity index (χ0n) is 11.8. The monoisotopic (exact) mass is 279 g/mol. The molecular formula is C14H21N3O3. The van der Waals surface area contributed by atoms with Crippen LogP contribution in [0.1, 0.15) is 43.1 Å². The number of hydrogen-bond acceptors (Lipinski definition) is 5. The Morgan fingerprint density at radius 3 is 2.75 bits per heavy atom. The van der Waals surface area contributed by atoms with Crippen LogP contribution in [0.5, 0.6) is 0 Å². The normalized spacial score (nSPS) is 16.4. The van der Waals surface area contributed by atoms with Crippen LogP contribution < -0.4 is 5.32 Å². The van der Waals surface area contributed by atoms with E-state index < -0.39 is 5.97 Å². The van der Waals surface area contributed by atoms with Gasteiger partial charge in [0.15, 0.2) is 5.69 Å². The third-order valence-electron chi connectivity index (χ3n) is 3.91. The minimum Gasteiger partial charge on any atom is -0.476 e. The summed E-state index contributed by atoms with van der Waals surface area (Å²) in [5, 5.41) is 12.0. The lowest BCUT2D eigenvalue weighted by Crippen LogP contribution is -2.37. The van der Waals surface area contributed by atoms with E-state index in [2.05, 4.69) is 15.3 Å². The molecule has 1 aromatic rings. The minimum atomic E-state index is -1.06. The molecule has 2 N–H and O–H groups in total. The van der Waals surface area contributed by atoms with Gasteiger partial charge in [-0.25, -0.2) is 14.8 Å². The molecule has 0 unspecified atom stereocenters. The number of carboxylic acids is 1. The van der Waals surface area contributed by atoms with Crippen LogP contribution in [0.25, 0.3) is 0 Å². The number of aromatic carboxylic acids is 1. The lowest BCUT2D eigenvalue weighted by Gasteiger charge is -2.42. The zero-order valence-corrected chi connectivity index (χ0v) is 11.8. The molecule has 0 amide bonds. The van der Waals surface area contributed by atoms with Crippen molar-refractivity contribution in [3.63, 3.8) is 0 Å². The van der Waals surface area contributed by atoms with Crippen molar-refractivity contribution in [2.75, 3.05) is 25.1 Å². The molecule has 1 fully saturated rings. The standard InChI is InChI=1S/C14H21N3O3/c1-2-20-7-6-14(4-3-5-14)10-17-12-9-15-11(8-16-12)13(18)19/h8-9H,2-7,10H2,1H3,(H,16,17)(H,18,19). The Bertz CT molecular complexity index is 443. The summed E-state index contributed by atoms with van der Waals surface area (Å²) in [6.07, 6.45) is 7.46. The third kappa shape index (κ3) is 3.66. The van der Waals surface area contributed by atoms with Crippen LogP contribution in [0.3, 0.4) is 0 Å². The maximum Gasteiger partial charge on any atom is 0.356 e. The van der Waals surface area contributed by atoms with E-state index in [0.717, 1.165) is 26.2 Å². The summed E-state index contributed by atoms with van der Waals surface area (Å²) < 4.78 is 5.44. The van der Waals surface area contributed by atoms with Gasteiger partial charge in [0.2, 0.25) is 0 Å². The molecule has 0 saturated heterocycles. The summed E-state index contributed by atoms with van der Waals surface area (Å²) in [6.45, 7) is 4.39. The lowest BCUT2D eigenvalue weighted by atomic mass is 9.67. The Balaban J connectivity index is 1.85. The second-order valence-corrected chi connectivity index (χ2v) is 5.25. The van der Waals surface area contributed by atoms with Crippen LogP contribution in [0.4, 0.5) is 5.82 Å². The first-order chi connectivity index (χ1) is 9.65. The van der Waals surface area contributed by atoms with E-state index in [1.54, 1.807) is 0 Å². The maximum atomic E-state index is 10.7. The van der Waals surface area contributed by atoms with Crippen LogP contribution >= 0.6 is 0 Å². The van der Waals surface area contributed by atoms with Crippen LogP contribution in [0, 0.1) is 5.41 Å². The predicted molar refractivity (Wildman–Crippen MR) is 74.9 cm³/mol. The largest absolute Gasteiger partial charge is 0.476 e. The Labute approximate surface area is 118 Å². The Hall–Kier alpha value is -1.69. The van der Waals surface area contributed by atoms with Crippen molar-refractivity contribution in [1.29, 1.82) is 0 Å². The number of rotatable bonds is 8. The fraction of sp³-hybridized carbons (Fsp3) is 0.643. The molecule has 1 aromatic heterocycles. The summed E-state index contributed by atoms with van der Waals surface area (Å²) >= 11 is 0. The van der Waals surface area contributed by atoms with Crippen molar-refractivity contribution in [2.24, 2.45) is 5.41 Å². The topological polar surface area (TPSA) is 84.3 Å². The van der Waals surface area contributed by atoms with Gasteiger partial charge in [-0.05, 0) is 31.6 Å². The molecule has 0 atom stereocenters. The van der Waals surface area contributed by atoms with E-state index in [4.69, 9.17) is 9.84 Å². The molecule has 110 valence electrons. The molecule has 0 radical (unpaired) electrons. The number of aromatic nitrogens is 2. The van der Waals surface area contributed by atoms with Crippen molar-refractivity contribution in [3.05, 3.63) is 18.1 Å². The molecule has 1 heterocycles. The van der Waals surface area contributed by atoms with E-state index in [9.17, 15) is 4.79 Å². The number of ether oxygens (including phenoxy) is 1. The fourth-order valence-corrected chi connectivity index (χ4v) is 2.43. The van der Waals surface area contributed by atoms with Crippen LogP contribution in [0.15, 0.2) is 12.4 Å². The number of carbonyl (C=O) groups is 1. The number of hydrogen-bond donors (Lipinski definition) is 2.